The molecule has 0 rings (SSSR count). The number of carboxylic acid groups (broad SMARTS) is 1. The summed E-state index contributed by atoms with van der Waals surface area (Å²) >= 11 is 0. The van der Waals surface area contributed by atoms with Crippen molar-refractivity contribution in [3.8, 4) is 0 Å². The zero-order valence-electron chi connectivity index (χ0n) is 17.9. The summed E-state index contributed by atoms with van der Waals surface area (Å²) in [4.78, 5) is 50.0. The molecule has 0 fully saturated rings. The van der Waals surface area contributed by atoms with E-state index in [1.165, 1.54) is 25.8 Å². The molecule has 0 aromatic rings. The topological polar surface area (TPSA) is 136 Å². The molecule has 4 N–H and O–H groups in total. The highest BCUT2D eigenvalue weighted by Gasteiger charge is 2.36. The van der Waals surface area contributed by atoms with Crippen LogP contribution in [-0.4, -0.2) is 70.1 Å². The van der Waals surface area contributed by atoms with Crippen LogP contribution >= 0.6 is 0 Å². The number of aliphatic carboxylic acids is 1. The van der Waals surface area contributed by atoms with Crippen LogP contribution in [0.3, 0.4) is 0 Å². The third-order valence-corrected chi connectivity index (χ3v) is 5.20. The number of carbonyl (C=O) groups is 4. The summed E-state index contributed by atoms with van der Waals surface area (Å²) < 4.78 is 0. The van der Waals surface area contributed by atoms with E-state index in [1.807, 2.05) is 20.8 Å². The third-order valence-electron chi connectivity index (χ3n) is 5.20. The average Bonchev–Trinajstić information content (AvgIpc) is 2.62. The van der Waals surface area contributed by atoms with Crippen LogP contribution in [0, 0.1) is 11.8 Å². The predicted octanol–water partition coefficient (Wildman–Crippen LogP) is 0.361. The minimum Gasteiger partial charge on any atom is -0.480 e. The molecule has 0 aliphatic carbocycles. The molecule has 0 aromatic heterocycles. The van der Waals surface area contributed by atoms with E-state index in [0.29, 0.717) is 12.8 Å². The zero-order chi connectivity index (χ0) is 22.2. The predicted molar refractivity (Wildman–Crippen MR) is 104 cm³/mol. The molecule has 0 aliphatic heterocycles. The van der Waals surface area contributed by atoms with Crippen LogP contribution in [-0.2, 0) is 19.2 Å². The van der Waals surface area contributed by atoms with E-state index in [0.717, 1.165) is 0 Å². The Balaban J connectivity index is 5.61. The molecule has 0 aromatic carbocycles. The van der Waals surface area contributed by atoms with Gasteiger partial charge in [0.1, 0.15) is 12.1 Å². The molecule has 9 nitrogen and oxygen atoms in total. The summed E-state index contributed by atoms with van der Waals surface area (Å²) in [6.07, 6.45) is -0.0909. The Morgan fingerprint density at radius 3 is 1.71 bits per heavy atom. The van der Waals surface area contributed by atoms with Crippen molar-refractivity contribution < 1.29 is 29.4 Å². The van der Waals surface area contributed by atoms with E-state index >= 15 is 0 Å². The first-order valence-electron chi connectivity index (χ1n) is 9.63. The minimum absolute atomic E-state index is 0.140. The Morgan fingerprint density at radius 2 is 1.36 bits per heavy atom. The standard InChI is InChI=1S/C19H35N3O6/c1-8-10(3)14(17(25)21-15(12(5)23)19(27)28)20-18(26)16(11(4)9-2)22(7)13(6)24/h10-12,14-16,23H,8-9H2,1-7H3,(H,20,26)(H,21,25)(H,27,28)/t10-,11-,12-,14-,15-,16-/m0/s1. The molecule has 0 bridgehead atoms. The maximum Gasteiger partial charge on any atom is 0.328 e. The quantitative estimate of drug-likeness (QED) is 0.395. The third kappa shape index (κ3) is 7.10. The number of aliphatic hydroxyl groups excluding tert-OH is 1. The molecule has 0 heterocycles. The number of carboxylic acids is 1. The highest BCUT2D eigenvalue weighted by atomic mass is 16.4. The minimum atomic E-state index is -1.48. The number of aliphatic hydroxyl groups is 1. The van der Waals surface area contributed by atoms with E-state index < -0.39 is 42.0 Å². The highest BCUT2D eigenvalue weighted by molar-refractivity contribution is 5.93. The van der Waals surface area contributed by atoms with Gasteiger partial charge < -0.3 is 25.7 Å². The molecule has 0 unspecified atom stereocenters. The highest BCUT2D eigenvalue weighted by Crippen LogP contribution is 2.16. The molecule has 0 saturated heterocycles. The van der Waals surface area contributed by atoms with E-state index in [4.69, 9.17) is 0 Å². The Bertz CT molecular complexity index is 566. The maximum atomic E-state index is 12.9. The smallest absolute Gasteiger partial charge is 0.328 e. The fraction of sp³-hybridized carbons (Fsp3) is 0.789. The Labute approximate surface area is 166 Å². The first kappa shape index (κ1) is 25.8. The molecular formula is C19H35N3O6. The van der Waals surface area contributed by atoms with Crippen LogP contribution in [0.15, 0.2) is 0 Å². The Kier molecular flexibility index (Phi) is 10.7. The van der Waals surface area contributed by atoms with Gasteiger partial charge in [-0.15, -0.1) is 0 Å². The Morgan fingerprint density at radius 1 is 0.893 bits per heavy atom. The molecule has 0 spiro atoms. The summed E-state index contributed by atoms with van der Waals surface area (Å²) in [6, 6.07) is -3.24. The van der Waals surface area contributed by atoms with Gasteiger partial charge in [-0.05, 0) is 18.8 Å². The number of amides is 3. The van der Waals surface area contributed by atoms with Crippen LogP contribution < -0.4 is 10.6 Å². The van der Waals surface area contributed by atoms with Crippen LogP contribution in [0.2, 0.25) is 0 Å². The number of nitrogens with one attached hydrogen (secondary N) is 2. The van der Waals surface area contributed by atoms with Crippen molar-refractivity contribution in [2.24, 2.45) is 11.8 Å². The molecule has 28 heavy (non-hydrogen) atoms. The van der Waals surface area contributed by atoms with Crippen molar-refractivity contribution in [2.45, 2.75) is 78.6 Å². The van der Waals surface area contributed by atoms with Gasteiger partial charge in [0.05, 0.1) is 6.10 Å². The Hall–Kier alpha value is -2.16. The van der Waals surface area contributed by atoms with Crippen molar-refractivity contribution in [2.75, 3.05) is 7.05 Å². The molecule has 9 heteroatoms. The lowest BCUT2D eigenvalue weighted by atomic mass is 9.94. The summed E-state index contributed by atoms with van der Waals surface area (Å²) in [7, 11) is 1.53. The lowest BCUT2D eigenvalue weighted by Gasteiger charge is -2.33. The van der Waals surface area contributed by atoms with E-state index in [2.05, 4.69) is 10.6 Å². The van der Waals surface area contributed by atoms with Gasteiger partial charge in [-0.2, -0.15) is 0 Å². The summed E-state index contributed by atoms with van der Waals surface area (Å²) in [5.41, 5.74) is 0. The monoisotopic (exact) mass is 401 g/mol. The van der Waals surface area contributed by atoms with E-state index in [-0.39, 0.29) is 17.7 Å². The van der Waals surface area contributed by atoms with Gasteiger partial charge in [-0.3, -0.25) is 14.4 Å². The van der Waals surface area contributed by atoms with Gasteiger partial charge in [-0.25, -0.2) is 4.79 Å². The maximum absolute atomic E-state index is 12.9. The number of carbonyl (C=O) groups excluding carboxylic acids is 3. The lowest BCUT2D eigenvalue weighted by Crippen LogP contribution is -2.60. The van der Waals surface area contributed by atoms with Crippen molar-refractivity contribution in [1.82, 2.24) is 15.5 Å². The van der Waals surface area contributed by atoms with Gasteiger partial charge >= 0.3 is 5.97 Å². The molecule has 162 valence electrons. The molecule has 0 aliphatic rings. The van der Waals surface area contributed by atoms with Crippen molar-refractivity contribution in [3.63, 3.8) is 0 Å². The first-order chi connectivity index (χ1) is 12.9. The number of nitrogens with zero attached hydrogens (tertiary/aromatic N) is 1. The fourth-order valence-corrected chi connectivity index (χ4v) is 2.81. The number of hydrogen-bond acceptors (Lipinski definition) is 5. The van der Waals surface area contributed by atoms with Crippen LogP contribution in [0.5, 0.6) is 0 Å². The second-order valence-corrected chi connectivity index (χ2v) is 7.40. The second kappa shape index (κ2) is 11.6. The molecule has 0 radical (unpaired) electrons. The number of rotatable bonds is 11. The van der Waals surface area contributed by atoms with Crippen molar-refractivity contribution in [3.05, 3.63) is 0 Å². The van der Waals surface area contributed by atoms with Gasteiger partial charge in [0.25, 0.3) is 0 Å². The zero-order valence-corrected chi connectivity index (χ0v) is 17.9. The lowest BCUT2D eigenvalue weighted by molar-refractivity contribution is -0.146. The summed E-state index contributed by atoms with van der Waals surface area (Å²) in [6.45, 7) is 9.97. The van der Waals surface area contributed by atoms with Crippen molar-refractivity contribution in [1.29, 1.82) is 0 Å². The summed E-state index contributed by atoms with van der Waals surface area (Å²) in [5.74, 6) is -3.23. The molecule has 6 atom stereocenters. The average molecular weight is 402 g/mol. The van der Waals surface area contributed by atoms with Gasteiger partial charge in [0, 0.05) is 14.0 Å². The summed E-state index contributed by atoms with van der Waals surface area (Å²) in [5, 5.41) is 23.7. The number of hydrogen-bond donors (Lipinski definition) is 4. The van der Waals surface area contributed by atoms with Gasteiger partial charge in [0.15, 0.2) is 6.04 Å². The SMILES string of the molecule is CC[C@H](C)[C@H](NC(=O)[C@H]([C@@H](C)CC)N(C)C(C)=O)C(=O)N[C@H](C(=O)O)[C@H](C)O. The molecular weight excluding hydrogens is 366 g/mol. The fourth-order valence-electron chi connectivity index (χ4n) is 2.81. The van der Waals surface area contributed by atoms with Crippen molar-refractivity contribution >= 4 is 23.7 Å². The second-order valence-electron chi connectivity index (χ2n) is 7.40. The first-order valence-corrected chi connectivity index (χ1v) is 9.63. The van der Waals surface area contributed by atoms with Gasteiger partial charge in [0.2, 0.25) is 17.7 Å². The molecule has 0 saturated carbocycles. The van der Waals surface area contributed by atoms with Crippen LogP contribution in [0.25, 0.3) is 0 Å². The van der Waals surface area contributed by atoms with E-state index in [1.54, 1.807) is 6.92 Å². The number of likely N-dealkylation sites (N-methyl/N-ethyl adjacent to an activating group) is 1. The van der Waals surface area contributed by atoms with Crippen LogP contribution in [0.1, 0.15) is 54.4 Å². The largest absolute Gasteiger partial charge is 0.480 e. The van der Waals surface area contributed by atoms with Gasteiger partial charge in [-0.1, -0.05) is 40.5 Å². The molecule has 3 amide bonds. The van der Waals surface area contributed by atoms with Crippen LogP contribution in [0.4, 0.5) is 0 Å². The van der Waals surface area contributed by atoms with E-state index in [9.17, 15) is 29.4 Å². The normalized spacial score (nSPS) is 17.4.